The molecule has 1 saturated heterocycles. The van der Waals surface area contributed by atoms with Crippen LogP contribution in [0, 0.1) is 5.92 Å². The molecule has 0 aromatic rings. The lowest BCUT2D eigenvalue weighted by Gasteiger charge is -2.39. The van der Waals surface area contributed by atoms with Gasteiger partial charge in [0, 0.05) is 37.6 Å². The minimum absolute atomic E-state index is 0.0248. The van der Waals surface area contributed by atoms with Crippen molar-refractivity contribution in [2.24, 2.45) is 5.92 Å². The SMILES string of the molecule is CC(C)(C)NC(=O)N1CCN(C(=O)C2CCC2)CC1. The second-order valence-electron chi connectivity index (χ2n) is 6.62. The van der Waals surface area contributed by atoms with Crippen molar-refractivity contribution in [2.45, 2.75) is 45.6 Å². The van der Waals surface area contributed by atoms with Crippen LogP contribution in [0.2, 0.25) is 0 Å². The molecule has 1 N–H and O–H groups in total. The summed E-state index contributed by atoms with van der Waals surface area (Å²) in [6.07, 6.45) is 3.28. The van der Waals surface area contributed by atoms with Crippen molar-refractivity contribution >= 4 is 11.9 Å². The van der Waals surface area contributed by atoms with Gasteiger partial charge in [0.15, 0.2) is 0 Å². The van der Waals surface area contributed by atoms with E-state index in [2.05, 4.69) is 5.32 Å². The molecule has 1 heterocycles. The van der Waals surface area contributed by atoms with Crippen molar-refractivity contribution < 1.29 is 9.59 Å². The van der Waals surface area contributed by atoms with Crippen LogP contribution in [0.3, 0.4) is 0 Å². The molecular weight excluding hydrogens is 242 g/mol. The molecule has 0 spiro atoms. The molecule has 0 atom stereocenters. The van der Waals surface area contributed by atoms with Crippen molar-refractivity contribution in [3.63, 3.8) is 0 Å². The van der Waals surface area contributed by atoms with Gasteiger partial charge in [-0.1, -0.05) is 6.42 Å². The number of carbonyl (C=O) groups is 2. The molecular formula is C14H25N3O2. The molecule has 0 aromatic carbocycles. The lowest BCUT2D eigenvalue weighted by atomic mass is 9.84. The van der Waals surface area contributed by atoms with E-state index in [0.717, 1.165) is 12.8 Å². The second-order valence-corrected chi connectivity index (χ2v) is 6.62. The molecule has 5 nitrogen and oxygen atoms in total. The standard InChI is InChI=1S/C14H25N3O2/c1-14(2,3)15-13(19)17-9-7-16(8-10-17)12(18)11-5-4-6-11/h11H,4-10H2,1-3H3,(H,15,19). The van der Waals surface area contributed by atoms with Gasteiger partial charge in [-0.3, -0.25) is 4.79 Å². The second kappa shape index (κ2) is 5.39. The van der Waals surface area contributed by atoms with E-state index in [1.165, 1.54) is 6.42 Å². The largest absolute Gasteiger partial charge is 0.339 e. The van der Waals surface area contributed by atoms with Gasteiger partial charge in [0.2, 0.25) is 5.91 Å². The van der Waals surface area contributed by atoms with E-state index < -0.39 is 0 Å². The monoisotopic (exact) mass is 267 g/mol. The predicted molar refractivity (Wildman–Crippen MR) is 73.8 cm³/mol. The zero-order chi connectivity index (χ0) is 14.0. The van der Waals surface area contributed by atoms with Crippen molar-refractivity contribution in [2.75, 3.05) is 26.2 Å². The molecule has 2 aliphatic rings. The lowest BCUT2D eigenvalue weighted by Crippen LogP contribution is -2.56. The molecule has 2 fully saturated rings. The number of nitrogens with zero attached hydrogens (tertiary/aromatic N) is 2. The Balaban J connectivity index is 1.78. The summed E-state index contributed by atoms with van der Waals surface area (Å²) < 4.78 is 0. The Morgan fingerprint density at radius 3 is 1.95 bits per heavy atom. The smallest absolute Gasteiger partial charge is 0.317 e. The van der Waals surface area contributed by atoms with Gasteiger partial charge in [-0.15, -0.1) is 0 Å². The van der Waals surface area contributed by atoms with Gasteiger partial charge in [-0.2, -0.15) is 0 Å². The molecule has 0 unspecified atom stereocenters. The maximum atomic E-state index is 12.1. The zero-order valence-corrected chi connectivity index (χ0v) is 12.2. The molecule has 19 heavy (non-hydrogen) atoms. The third kappa shape index (κ3) is 3.61. The van der Waals surface area contributed by atoms with Gasteiger partial charge in [-0.25, -0.2) is 4.79 Å². The minimum atomic E-state index is -0.212. The summed E-state index contributed by atoms with van der Waals surface area (Å²) >= 11 is 0. The summed E-state index contributed by atoms with van der Waals surface area (Å²) in [5, 5.41) is 2.96. The summed E-state index contributed by atoms with van der Waals surface area (Å²) in [7, 11) is 0. The number of hydrogen-bond acceptors (Lipinski definition) is 2. The highest BCUT2D eigenvalue weighted by Crippen LogP contribution is 2.28. The van der Waals surface area contributed by atoms with E-state index in [1.807, 2.05) is 25.7 Å². The van der Waals surface area contributed by atoms with Crippen LogP contribution in [-0.4, -0.2) is 53.5 Å². The van der Waals surface area contributed by atoms with Crippen LogP contribution in [0.4, 0.5) is 4.79 Å². The van der Waals surface area contributed by atoms with E-state index in [-0.39, 0.29) is 17.5 Å². The summed E-state index contributed by atoms with van der Waals surface area (Å²) in [6.45, 7) is 8.55. The molecule has 5 heteroatoms. The molecule has 2 rings (SSSR count). The Morgan fingerprint density at radius 1 is 1.00 bits per heavy atom. The average Bonchev–Trinajstić information content (AvgIpc) is 2.24. The Hall–Kier alpha value is -1.26. The number of urea groups is 1. The highest BCUT2D eigenvalue weighted by atomic mass is 16.2. The van der Waals surface area contributed by atoms with E-state index in [9.17, 15) is 9.59 Å². The normalized spacial score (nSPS) is 21.0. The molecule has 0 aromatic heterocycles. The van der Waals surface area contributed by atoms with Crippen LogP contribution in [0.25, 0.3) is 0 Å². The number of amides is 3. The third-order valence-corrected chi connectivity index (χ3v) is 3.81. The fraction of sp³-hybridized carbons (Fsp3) is 0.857. The van der Waals surface area contributed by atoms with Crippen molar-refractivity contribution in [3.05, 3.63) is 0 Å². The first-order chi connectivity index (χ1) is 8.87. The summed E-state index contributed by atoms with van der Waals surface area (Å²) in [5.41, 5.74) is -0.212. The molecule has 1 aliphatic carbocycles. The first-order valence-electron chi connectivity index (χ1n) is 7.23. The molecule has 1 saturated carbocycles. The quantitative estimate of drug-likeness (QED) is 0.781. The van der Waals surface area contributed by atoms with Gasteiger partial charge in [0.1, 0.15) is 0 Å². The fourth-order valence-corrected chi connectivity index (χ4v) is 2.44. The number of carbonyl (C=O) groups excluding carboxylic acids is 2. The van der Waals surface area contributed by atoms with Crippen molar-refractivity contribution in [1.82, 2.24) is 15.1 Å². The zero-order valence-electron chi connectivity index (χ0n) is 12.2. The third-order valence-electron chi connectivity index (χ3n) is 3.81. The van der Waals surface area contributed by atoms with Gasteiger partial charge in [0.05, 0.1) is 0 Å². The molecule has 108 valence electrons. The van der Waals surface area contributed by atoms with Gasteiger partial charge in [0.25, 0.3) is 0 Å². The van der Waals surface area contributed by atoms with E-state index in [4.69, 9.17) is 0 Å². The summed E-state index contributed by atoms with van der Waals surface area (Å²) in [5.74, 6) is 0.553. The van der Waals surface area contributed by atoms with E-state index in [0.29, 0.717) is 32.1 Å². The van der Waals surface area contributed by atoms with Crippen LogP contribution in [0.1, 0.15) is 40.0 Å². The van der Waals surface area contributed by atoms with E-state index >= 15 is 0 Å². The lowest BCUT2D eigenvalue weighted by molar-refractivity contribution is -0.139. The Morgan fingerprint density at radius 2 is 1.53 bits per heavy atom. The molecule has 3 amide bonds. The number of piperazine rings is 1. The van der Waals surface area contributed by atoms with Crippen molar-refractivity contribution in [1.29, 1.82) is 0 Å². The van der Waals surface area contributed by atoms with Crippen LogP contribution in [-0.2, 0) is 4.79 Å². The van der Waals surface area contributed by atoms with Gasteiger partial charge in [-0.05, 0) is 33.6 Å². The Labute approximate surface area is 115 Å². The van der Waals surface area contributed by atoms with Crippen LogP contribution < -0.4 is 5.32 Å². The minimum Gasteiger partial charge on any atom is -0.339 e. The van der Waals surface area contributed by atoms with Gasteiger partial charge < -0.3 is 15.1 Å². The van der Waals surface area contributed by atoms with E-state index in [1.54, 1.807) is 4.90 Å². The topological polar surface area (TPSA) is 52.7 Å². The predicted octanol–water partition coefficient (Wildman–Crippen LogP) is 1.44. The Kier molecular flexibility index (Phi) is 4.02. The molecule has 0 bridgehead atoms. The van der Waals surface area contributed by atoms with Crippen LogP contribution in [0.5, 0.6) is 0 Å². The highest BCUT2D eigenvalue weighted by molar-refractivity contribution is 5.80. The average molecular weight is 267 g/mol. The number of rotatable bonds is 1. The molecule has 0 radical (unpaired) electrons. The number of nitrogens with one attached hydrogen (secondary N) is 1. The summed E-state index contributed by atoms with van der Waals surface area (Å²) in [6, 6.07) is -0.0248. The first kappa shape index (κ1) is 14.2. The maximum absolute atomic E-state index is 12.1. The van der Waals surface area contributed by atoms with Gasteiger partial charge >= 0.3 is 6.03 Å². The molecule has 1 aliphatic heterocycles. The van der Waals surface area contributed by atoms with Crippen LogP contribution in [0.15, 0.2) is 0 Å². The fourth-order valence-electron chi connectivity index (χ4n) is 2.44. The Bertz CT molecular complexity index is 350. The highest BCUT2D eigenvalue weighted by Gasteiger charge is 2.32. The maximum Gasteiger partial charge on any atom is 0.317 e. The van der Waals surface area contributed by atoms with Crippen LogP contribution >= 0.6 is 0 Å². The van der Waals surface area contributed by atoms with Crippen molar-refractivity contribution in [3.8, 4) is 0 Å². The summed E-state index contributed by atoms with van der Waals surface area (Å²) in [4.78, 5) is 27.8. The number of hydrogen-bond donors (Lipinski definition) is 1. The first-order valence-corrected chi connectivity index (χ1v) is 7.23.